The SMILES string of the molecule is C\C=C(/C=C\C(N)=C(\CC)NC)CC. The minimum absolute atomic E-state index is 0.822. The summed E-state index contributed by atoms with van der Waals surface area (Å²) in [4.78, 5) is 0. The summed E-state index contributed by atoms with van der Waals surface area (Å²) in [6, 6.07) is 0. The van der Waals surface area contributed by atoms with Gasteiger partial charge in [0.2, 0.25) is 0 Å². The molecule has 0 aromatic heterocycles. The Labute approximate surface area is 87.6 Å². The fraction of sp³-hybridized carbons (Fsp3) is 0.500. The molecule has 0 radical (unpaired) electrons. The molecule has 0 bridgehead atoms. The monoisotopic (exact) mass is 194 g/mol. The first kappa shape index (κ1) is 12.8. The van der Waals surface area contributed by atoms with Crippen LogP contribution in [0.1, 0.15) is 33.6 Å². The Morgan fingerprint density at radius 3 is 2.21 bits per heavy atom. The van der Waals surface area contributed by atoms with Crippen LogP contribution in [0.2, 0.25) is 0 Å². The molecule has 0 amide bonds. The van der Waals surface area contributed by atoms with Crippen molar-refractivity contribution in [2.24, 2.45) is 5.73 Å². The van der Waals surface area contributed by atoms with Crippen molar-refractivity contribution in [2.75, 3.05) is 7.05 Å². The lowest BCUT2D eigenvalue weighted by atomic mass is 10.1. The summed E-state index contributed by atoms with van der Waals surface area (Å²) in [6.07, 6.45) is 8.12. The first-order chi connectivity index (χ1) is 6.69. The normalized spacial score (nSPS) is 14.4. The second-order valence-corrected chi connectivity index (χ2v) is 3.09. The molecule has 3 N–H and O–H groups in total. The van der Waals surface area contributed by atoms with Gasteiger partial charge in [0.15, 0.2) is 0 Å². The molecule has 0 aromatic rings. The number of hydrogen-bond acceptors (Lipinski definition) is 2. The van der Waals surface area contributed by atoms with Crippen LogP contribution in [-0.4, -0.2) is 7.05 Å². The van der Waals surface area contributed by atoms with Gasteiger partial charge >= 0.3 is 0 Å². The fourth-order valence-electron chi connectivity index (χ4n) is 1.24. The Bertz CT molecular complexity index is 241. The summed E-state index contributed by atoms with van der Waals surface area (Å²) in [5.41, 5.74) is 9.12. The van der Waals surface area contributed by atoms with Crippen molar-refractivity contribution in [3.05, 3.63) is 35.2 Å². The first-order valence-electron chi connectivity index (χ1n) is 5.19. The van der Waals surface area contributed by atoms with E-state index in [4.69, 9.17) is 5.73 Å². The number of rotatable bonds is 5. The van der Waals surface area contributed by atoms with Crippen LogP contribution in [0.25, 0.3) is 0 Å². The van der Waals surface area contributed by atoms with Crippen LogP contribution in [0.5, 0.6) is 0 Å². The van der Waals surface area contributed by atoms with Crippen molar-refractivity contribution in [2.45, 2.75) is 33.6 Å². The highest BCUT2D eigenvalue weighted by atomic mass is 14.9. The predicted molar refractivity (Wildman–Crippen MR) is 63.8 cm³/mol. The van der Waals surface area contributed by atoms with Crippen molar-refractivity contribution in [3.8, 4) is 0 Å². The van der Waals surface area contributed by atoms with Crippen LogP contribution in [0.3, 0.4) is 0 Å². The Hall–Kier alpha value is -1.18. The van der Waals surface area contributed by atoms with Crippen molar-refractivity contribution in [3.63, 3.8) is 0 Å². The first-order valence-corrected chi connectivity index (χ1v) is 5.19. The maximum Gasteiger partial charge on any atom is 0.0506 e. The van der Waals surface area contributed by atoms with E-state index >= 15 is 0 Å². The summed E-state index contributed by atoms with van der Waals surface area (Å²) >= 11 is 0. The molecular formula is C12H22N2. The molecule has 0 saturated carbocycles. The molecule has 0 rings (SSSR count). The van der Waals surface area contributed by atoms with E-state index in [0.29, 0.717) is 0 Å². The summed E-state index contributed by atoms with van der Waals surface area (Å²) in [6.45, 7) is 6.27. The molecule has 0 fully saturated rings. The molecule has 0 aromatic carbocycles. The lowest BCUT2D eigenvalue weighted by molar-refractivity contribution is 0.878. The van der Waals surface area contributed by atoms with Gasteiger partial charge in [-0.25, -0.2) is 0 Å². The van der Waals surface area contributed by atoms with Gasteiger partial charge in [0, 0.05) is 12.7 Å². The van der Waals surface area contributed by atoms with Crippen LogP contribution < -0.4 is 11.1 Å². The van der Waals surface area contributed by atoms with Gasteiger partial charge in [-0.15, -0.1) is 0 Å². The van der Waals surface area contributed by atoms with Gasteiger partial charge < -0.3 is 11.1 Å². The molecule has 0 unspecified atom stereocenters. The molecule has 0 heterocycles. The van der Waals surface area contributed by atoms with Crippen LogP contribution in [0.15, 0.2) is 35.2 Å². The van der Waals surface area contributed by atoms with Gasteiger partial charge in [-0.1, -0.05) is 31.6 Å². The number of nitrogens with one attached hydrogen (secondary N) is 1. The van der Waals surface area contributed by atoms with Crippen LogP contribution in [-0.2, 0) is 0 Å². The smallest absolute Gasteiger partial charge is 0.0506 e. The lowest BCUT2D eigenvalue weighted by Crippen LogP contribution is -2.12. The molecule has 0 saturated heterocycles. The second-order valence-electron chi connectivity index (χ2n) is 3.09. The van der Waals surface area contributed by atoms with Crippen molar-refractivity contribution in [1.29, 1.82) is 0 Å². The van der Waals surface area contributed by atoms with Crippen LogP contribution >= 0.6 is 0 Å². The highest BCUT2D eigenvalue weighted by molar-refractivity contribution is 5.28. The maximum absolute atomic E-state index is 5.90. The molecule has 0 aliphatic heterocycles. The Balaban J connectivity index is 4.58. The van der Waals surface area contributed by atoms with E-state index in [9.17, 15) is 0 Å². The Morgan fingerprint density at radius 1 is 1.21 bits per heavy atom. The average molecular weight is 194 g/mol. The van der Waals surface area contributed by atoms with E-state index in [0.717, 1.165) is 24.2 Å². The highest BCUT2D eigenvalue weighted by Gasteiger charge is 1.94. The maximum atomic E-state index is 5.90. The predicted octanol–water partition coefficient (Wildman–Crippen LogP) is 2.70. The number of hydrogen-bond donors (Lipinski definition) is 2. The zero-order valence-electron chi connectivity index (χ0n) is 9.72. The van der Waals surface area contributed by atoms with Crippen LogP contribution in [0, 0.1) is 0 Å². The van der Waals surface area contributed by atoms with E-state index in [1.54, 1.807) is 0 Å². The standard InChI is InChI=1S/C12H22N2/c1-5-10(6-2)8-9-11(13)12(7-3)14-4/h5,8-9,14H,6-7,13H2,1-4H3/b9-8-,10-5-,12-11+. The van der Waals surface area contributed by atoms with Gasteiger partial charge in [0.25, 0.3) is 0 Å². The van der Waals surface area contributed by atoms with Gasteiger partial charge in [-0.2, -0.15) is 0 Å². The molecule has 2 heteroatoms. The van der Waals surface area contributed by atoms with Crippen molar-refractivity contribution in [1.82, 2.24) is 5.32 Å². The van der Waals surface area contributed by atoms with Gasteiger partial charge in [-0.05, 0) is 25.8 Å². The summed E-state index contributed by atoms with van der Waals surface area (Å²) in [7, 11) is 1.90. The number of allylic oxidation sites excluding steroid dienone is 5. The third kappa shape index (κ3) is 4.17. The van der Waals surface area contributed by atoms with E-state index in [-0.39, 0.29) is 0 Å². The van der Waals surface area contributed by atoms with E-state index in [1.807, 2.05) is 20.0 Å². The summed E-state index contributed by atoms with van der Waals surface area (Å²) in [5.74, 6) is 0. The molecule has 14 heavy (non-hydrogen) atoms. The molecule has 0 aliphatic carbocycles. The third-order valence-electron chi connectivity index (χ3n) is 2.26. The quantitative estimate of drug-likeness (QED) is 0.660. The zero-order valence-corrected chi connectivity index (χ0v) is 9.72. The largest absolute Gasteiger partial charge is 0.397 e. The van der Waals surface area contributed by atoms with Gasteiger partial charge in [-0.3, -0.25) is 0 Å². The lowest BCUT2D eigenvalue weighted by Gasteiger charge is -2.05. The van der Waals surface area contributed by atoms with E-state index in [2.05, 4.69) is 31.3 Å². The zero-order chi connectivity index (χ0) is 11.0. The van der Waals surface area contributed by atoms with Crippen molar-refractivity contribution >= 4 is 0 Å². The van der Waals surface area contributed by atoms with Crippen LogP contribution in [0.4, 0.5) is 0 Å². The molecule has 0 atom stereocenters. The van der Waals surface area contributed by atoms with Crippen molar-refractivity contribution < 1.29 is 0 Å². The summed E-state index contributed by atoms with van der Waals surface area (Å²) in [5, 5.41) is 3.10. The van der Waals surface area contributed by atoms with Gasteiger partial charge in [0.1, 0.15) is 0 Å². The minimum atomic E-state index is 0.822. The Morgan fingerprint density at radius 2 is 1.86 bits per heavy atom. The molecule has 0 spiro atoms. The van der Waals surface area contributed by atoms with E-state index < -0.39 is 0 Å². The van der Waals surface area contributed by atoms with E-state index in [1.165, 1.54) is 5.57 Å². The average Bonchev–Trinajstić information content (AvgIpc) is 2.21. The molecule has 80 valence electrons. The minimum Gasteiger partial charge on any atom is -0.397 e. The molecule has 2 nitrogen and oxygen atoms in total. The number of nitrogens with two attached hydrogens (primary N) is 1. The fourth-order valence-corrected chi connectivity index (χ4v) is 1.24. The van der Waals surface area contributed by atoms with Gasteiger partial charge in [0.05, 0.1) is 5.70 Å². The Kier molecular flexibility index (Phi) is 6.63. The topological polar surface area (TPSA) is 38.0 Å². The highest BCUT2D eigenvalue weighted by Crippen LogP contribution is 2.06. The third-order valence-corrected chi connectivity index (χ3v) is 2.26. The molecular weight excluding hydrogens is 172 g/mol. The molecule has 0 aliphatic rings. The summed E-state index contributed by atoms with van der Waals surface area (Å²) < 4.78 is 0. The second kappa shape index (κ2) is 7.25.